The molecule has 0 spiro atoms. The molecule has 0 fully saturated rings. The number of anilines is 1. The molecule has 0 aliphatic heterocycles. The van der Waals surface area contributed by atoms with Gasteiger partial charge in [0.2, 0.25) is 0 Å². The number of rotatable bonds is 6. The SMILES string of the molecule is Cc1ccc(S(=O)(=O)Nc2ccc(C(=O)NCc3ccccc3F)cc2)cc1C. The summed E-state index contributed by atoms with van der Waals surface area (Å²) in [5.74, 6) is -0.763. The van der Waals surface area contributed by atoms with Crippen LogP contribution in [0, 0.1) is 19.7 Å². The van der Waals surface area contributed by atoms with Gasteiger partial charge in [-0.3, -0.25) is 9.52 Å². The standard InChI is InChI=1S/C22H21FN2O3S/c1-15-7-12-20(13-16(15)2)29(27,28)25-19-10-8-17(9-11-19)22(26)24-14-18-5-3-4-6-21(18)23/h3-13,25H,14H2,1-2H3,(H,24,26). The summed E-state index contributed by atoms with van der Waals surface area (Å²) in [6, 6.07) is 17.2. The van der Waals surface area contributed by atoms with E-state index < -0.39 is 10.0 Å². The van der Waals surface area contributed by atoms with Gasteiger partial charge in [-0.05, 0) is 67.4 Å². The average Bonchev–Trinajstić information content (AvgIpc) is 2.69. The van der Waals surface area contributed by atoms with Crippen molar-refractivity contribution in [2.75, 3.05) is 4.72 Å². The lowest BCUT2D eigenvalue weighted by atomic mass is 10.1. The fraction of sp³-hybridized carbons (Fsp3) is 0.136. The van der Waals surface area contributed by atoms with Crippen molar-refractivity contribution < 1.29 is 17.6 Å². The summed E-state index contributed by atoms with van der Waals surface area (Å²) in [5.41, 5.74) is 2.97. The quantitative estimate of drug-likeness (QED) is 0.638. The number of carbonyl (C=O) groups excluding carboxylic acids is 1. The average molecular weight is 412 g/mol. The summed E-state index contributed by atoms with van der Waals surface area (Å²) in [6.07, 6.45) is 0. The van der Waals surface area contributed by atoms with Crippen molar-refractivity contribution >= 4 is 21.6 Å². The molecule has 3 rings (SSSR count). The van der Waals surface area contributed by atoms with Gasteiger partial charge in [0.1, 0.15) is 5.82 Å². The van der Waals surface area contributed by atoms with Gasteiger partial charge in [-0.1, -0.05) is 24.3 Å². The second-order valence-corrected chi connectivity index (χ2v) is 8.39. The Balaban J connectivity index is 1.67. The van der Waals surface area contributed by atoms with Crippen LogP contribution < -0.4 is 10.0 Å². The Morgan fingerprint density at radius 3 is 2.28 bits per heavy atom. The van der Waals surface area contributed by atoms with E-state index in [1.165, 1.54) is 30.3 Å². The Morgan fingerprint density at radius 2 is 1.62 bits per heavy atom. The molecule has 3 aromatic carbocycles. The number of carbonyl (C=O) groups is 1. The molecule has 2 N–H and O–H groups in total. The minimum atomic E-state index is -3.73. The number of hydrogen-bond donors (Lipinski definition) is 2. The molecule has 0 saturated heterocycles. The molecule has 0 aliphatic carbocycles. The van der Waals surface area contributed by atoms with Gasteiger partial charge in [-0.2, -0.15) is 0 Å². The fourth-order valence-electron chi connectivity index (χ4n) is 2.70. The number of amides is 1. The molecule has 5 nitrogen and oxygen atoms in total. The molecule has 0 saturated carbocycles. The normalized spacial score (nSPS) is 11.1. The highest BCUT2D eigenvalue weighted by molar-refractivity contribution is 7.92. The van der Waals surface area contributed by atoms with Gasteiger partial charge in [0.25, 0.3) is 15.9 Å². The molecular weight excluding hydrogens is 391 g/mol. The Bertz CT molecular complexity index is 1140. The van der Waals surface area contributed by atoms with Crippen molar-refractivity contribution in [3.8, 4) is 0 Å². The molecule has 29 heavy (non-hydrogen) atoms. The van der Waals surface area contributed by atoms with Crippen LogP contribution in [0.3, 0.4) is 0 Å². The molecule has 0 aromatic heterocycles. The van der Waals surface area contributed by atoms with Crippen molar-refractivity contribution in [2.24, 2.45) is 0 Å². The lowest BCUT2D eigenvalue weighted by Crippen LogP contribution is -2.23. The smallest absolute Gasteiger partial charge is 0.261 e. The first-order valence-electron chi connectivity index (χ1n) is 8.98. The first kappa shape index (κ1) is 20.5. The van der Waals surface area contributed by atoms with Crippen LogP contribution in [0.15, 0.2) is 71.6 Å². The summed E-state index contributed by atoms with van der Waals surface area (Å²) in [6.45, 7) is 3.82. The number of halogens is 1. The molecule has 0 heterocycles. The Kier molecular flexibility index (Phi) is 5.98. The van der Waals surface area contributed by atoms with Gasteiger partial charge in [0.05, 0.1) is 4.90 Å². The van der Waals surface area contributed by atoms with Crippen molar-refractivity contribution in [1.29, 1.82) is 0 Å². The molecule has 0 aliphatic rings. The van der Waals surface area contributed by atoms with E-state index in [0.29, 0.717) is 16.8 Å². The molecule has 3 aromatic rings. The predicted octanol–water partition coefficient (Wildman–Crippen LogP) is 4.17. The fourth-order valence-corrected chi connectivity index (χ4v) is 3.85. The summed E-state index contributed by atoms with van der Waals surface area (Å²) < 4.78 is 41.2. The van der Waals surface area contributed by atoms with Gasteiger partial charge in [0.15, 0.2) is 0 Å². The van der Waals surface area contributed by atoms with Gasteiger partial charge < -0.3 is 5.32 Å². The van der Waals surface area contributed by atoms with Gasteiger partial charge in [-0.15, -0.1) is 0 Å². The van der Waals surface area contributed by atoms with Crippen molar-refractivity contribution in [1.82, 2.24) is 5.32 Å². The van der Waals surface area contributed by atoms with E-state index in [4.69, 9.17) is 0 Å². The third-order valence-electron chi connectivity index (χ3n) is 4.59. The zero-order valence-electron chi connectivity index (χ0n) is 16.1. The molecule has 0 atom stereocenters. The minimum absolute atomic E-state index is 0.0622. The van der Waals surface area contributed by atoms with Gasteiger partial charge >= 0.3 is 0 Å². The maximum atomic E-state index is 13.6. The monoisotopic (exact) mass is 412 g/mol. The maximum Gasteiger partial charge on any atom is 0.261 e. The second kappa shape index (κ2) is 8.45. The van der Waals surface area contributed by atoms with Crippen molar-refractivity contribution in [3.63, 3.8) is 0 Å². The molecule has 1 amide bonds. The van der Waals surface area contributed by atoms with Crippen LogP contribution in [-0.2, 0) is 16.6 Å². The molecule has 0 unspecified atom stereocenters. The Hall–Kier alpha value is -3.19. The Labute approximate surface area is 169 Å². The van der Waals surface area contributed by atoms with E-state index >= 15 is 0 Å². The summed E-state index contributed by atoms with van der Waals surface area (Å²) in [4.78, 5) is 12.4. The summed E-state index contributed by atoms with van der Waals surface area (Å²) >= 11 is 0. The number of aryl methyl sites for hydroxylation is 2. The lowest BCUT2D eigenvalue weighted by Gasteiger charge is -2.11. The van der Waals surface area contributed by atoms with E-state index in [9.17, 15) is 17.6 Å². The van der Waals surface area contributed by atoms with Crippen LogP contribution in [0.5, 0.6) is 0 Å². The lowest BCUT2D eigenvalue weighted by molar-refractivity contribution is 0.0950. The van der Waals surface area contributed by atoms with E-state index in [1.807, 2.05) is 13.8 Å². The van der Waals surface area contributed by atoms with Crippen molar-refractivity contribution in [3.05, 3.63) is 94.8 Å². The van der Waals surface area contributed by atoms with Gasteiger partial charge in [-0.25, -0.2) is 12.8 Å². The van der Waals surface area contributed by atoms with Crippen molar-refractivity contribution in [2.45, 2.75) is 25.3 Å². The van der Waals surface area contributed by atoms with Crippen LogP contribution in [0.1, 0.15) is 27.0 Å². The highest BCUT2D eigenvalue weighted by Crippen LogP contribution is 2.19. The third kappa shape index (κ3) is 5.00. The van der Waals surface area contributed by atoms with E-state index in [1.54, 1.807) is 36.4 Å². The first-order valence-corrected chi connectivity index (χ1v) is 10.5. The van der Waals surface area contributed by atoms with Crippen LogP contribution in [-0.4, -0.2) is 14.3 Å². The Morgan fingerprint density at radius 1 is 0.931 bits per heavy atom. The highest BCUT2D eigenvalue weighted by Gasteiger charge is 2.15. The first-order chi connectivity index (χ1) is 13.8. The maximum absolute atomic E-state index is 13.6. The third-order valence-corrected chi connectivity index (χ3v) is 5.96. The van der Waals surface area contributed by atoms with Crippen LogP contribution in [0.2, 0.25) is 0 Å². The molecular formula is C22H21FN2O3S. The molecule has 7 heteroatoms. The van der Waals surface area contributed by atoms with E-state index in [-0.39, 0.29) is 23.2 Å². The highest BCUT2D eigenvalue weighted by atomic mass is 32.2. The minimum Gasteiger partial charge on any atom is -0.348 e. The van der Waals surface area contributed by atoms with E-state index in [2.05, 4.69) is 10.0 Å². The van der Waals surface area contributed by atoms with Crippen LogP contribution >= 0.6 is 0 Å². The summed E-state index contributed by atoms with van der Waals surface area (Å²) in [5, 5.41) is 2.64. The zero-order chi connectivity index (χ0) is 21.0. The van der Waals surface area contributed by atoms with E-state index in [0.717, 1.165) is 11.1 Å². The number of hydrogen-bond acceptors (Lipinski definition) is 3. The van der Waals surface area contributed by atoms with Gasteiger partial charge in [0, 0.05) is 23.4 Å². The number of benzene rings is 3. The number of nitrogens with one attached hydrogen (secondary N) is 2. The number of sulfonamides is 1. The van der Waals surface area contributed by atoms with Crippen LogP contribution in [0.25, 0.3) is 0 Å². The molecule has 150 valence electrons. The largest absolute Gasteiger partial charge is 0.348 e. The summed E-state index contributed by atoms with van der Waals surface area (Å²) in [7, 11) is -3.73. The molecule has 0 radical (unpaired) electrons. The predicted molar refractivity (Wildman–Crippen MR) is 111 cm³/mol. The topological polar surface area (TPSA) is 75.3 Å². The zero-order valence-corrected chi connectivity index (χ0v) is 16.9. The second-order valence-electron chi connectivity index (χ2n) is 6.70. The van der Waals surface area contributed by atoms with Crippen LogP contribution in [0.4, 0.5) is 10.1 Å². The molecule has 0 bridgehead atoms.